The van der Waals surface area contributed by atoms with Crippen LogP contribution in [-0.2, 0) is 4.74 Å². The molecule has 0 unspecified atom stereocenters. The predicted molar refractivity (Wildman–Crippen MR) is 61.4 cm³/mol. The Kier molecular flexibility index (Phi) is 8.13. The molecule has 0 heterocycles. The van der Waals surface area contributed by atoms with Gasteiger partial charge in [0.05, 0.1) is 0 Å². The predicted octanol–water partition coefficient (Wildman–Crippen LogP) is 8.16. The minimum absolute atomic E-state index is 1.89. The zero-order valence-corrected chi connectivity index (χ0v) is 14.7. The molecule has 0 amide bonds. The highest BCUT2D eigenvalue weighted by molar-refractivity contribution is 5.23. The van der Waals surface area contributed by atoms with Gasteiger partial charge in [0, 0.05) is 0 Å². The van der Waals surface area contributed by atoms with E-state index in [4.69, 9.17) is 0 Å². The Balaban J connectivity index is 7.03. The fourth-order valence-corrected chi connectivity index (χ4v) is 1.58. The van der Waals surface area contributed by atoms with Crippen LogP contribution >= 0.6 is 0 Å². The minimum Gasteiger partial charge on any atom is -0.442 e. The normalized spacial score (nSPS) is 15.1. The van der Waals surface area contributed by atoms with E-state index in [0.29, 0.717) is 0 Å². The molecule has 0 spiro atoms. The second-order valence-corrected chi connectivity index (χ2v) is 5.72. The Bertz CT molecular complexity index is 775. The third-order valence-electron chi connectivity index (χ3n) is 3.41. The number of rotatable bonds is 8. The summed E-state index contributed by atoms with van der Waals surface area (Å²) in [6.45, 7) is 0. The van der Waals surface area contributed by atoms with Gasteiger partial charge in [-0.2, -0.15) is 96.6 Å². The maximum absolute atomic E-state index is 13.5. The Labute approximate surface area is 174 Å². The van der Waals surface area contributed by atoms with Gasteiger partial charge in [0.1, 0.15) is 0 Å². The second-order valence-electron chi connectivity index (χ2n) is 5.72. The zero-order chi connectivity index (χ0) is 29.0. The van der Waals surface area contributed by atoms with Crippen molar-refractivity contribution in [3.63, 3.8) is 0 Å². The van der Waals surface area contributed by atoms with Crippen molar-refractivity contribution in [3.05, 3.63) is 23.7 Å². The number of ether oxygens (including phenoxy) is 1. The Hall–Kier alpha value is -2.26. The van der Waals surface area contributed by atoms with E-state index in [1.807, 2.05) is 4.74 Å². The Morgan fingerprint density at radius 1 is 0.343 bits per heavy atom. The molecule has 0 fully saturated rings. The molecule has 0 bridgehead atoms. The molecule has 0 saturated heterocycles. The van der Waals surface area contributed by atoms with Gasteiger partial charge >= 0.3 is 60.0 Å². The molecule has 0 atom stereocenters. The molecule has 23 heteroatoms. The lowest BCUT2D eigenvalue weighted by atomic mass is 10.0. The Morgan fingerprint density at radius 2 is 0.543 bits per heavy atom. The fraction of sp³-hybridized carbons (Fsp3) is 0.667. The summed E-state index contributed by atoms with van der Waals surface area (Å²) in [5, 5.41) is 0. The molecule has 0 aromatic carbocycles. The standard InChI is InChI=1S/C12F22O/c13-3(14)1(5(17,18)7(21,22)9(25,26)11(29,30)31)35-2(4(15)16)6(19,20)8(23,24)10(27,28)12(32,33)34. The number of alkyl halides is 18. The van der Waals surface area contributed by atoms with Crippen LogP contribution in [-0.4, -0.2) is 47.9 Å². The smallest absolute Gasteiger partial charge is 0.442 e. The van der Waals surface area contributed by atoms with Crippen molar-refractivity contribution < 1.29 is 101 Å². The van der Waals surface area contributed by atoms with Gasteiger partial charge in [-0.05, 0) is 0 Å². The molecule has 0 aliphatic heterocycles. The van der Waals surface area contributed by atoms with Crippen molar-refractivity contribution in [2.24, 2.45) is 0 Å². The quantitative estimate of drug-likeness (QED) is 0.209. The molecule has 0 rings (SSSR count). The SMILES string of the molecule is FC(F)=C(OC(=C(F)F)C(F)(F)C(F)(F)C(F)(F)C(F)(F)F)C(F)(F)C(F)(F)C(F)(F)C(F)(F)F. The minimum atomic E-state index is -8.30. The van der Waals surface area contributed by atoms with Crippen LogP contribution in [0.2, 0.25) is 0 Å². The molecule has 1 nitrogen and oxygen atoms in total. The summed E-state index contributed by atoms with van der Waals surface area (Å²) >= 11 is 0. The van der Waals surface area contributed by atoms with Crippen LogP contribution in [0.1, 0.15) is 0 Å². The highest BCUT2D eigenvalue weighted by atomic mass is 19.4. The van der Waals surface area contributed by atoms with Crippen molar-refractivity contribution in [3.8, 4) is 0 Å². The molecule has 0 aromatic rings. The van der Waals surface area contributed by atoms with Gasteiger partial charge in [0.2, 0.25) is 11.5 Å². The van der Waals surface area contributed by atoms with Gasteiger partial charge in [-0.15, -0.1) is 0 Å². The van der Waals surface area contributed by atoms with Crippen LogP contribution in [0.15, 0.2) is 23.7 Å². The van der Waals surface area contributed by atoms with Crippen molar-refractivity contribution in [1.82, 2.24) is 0 Å². The van der Waals surface area contributed by atoms with E-state index in [-0.39, 0.29) is 0 Å². The number of allylic oxidation sites excluding steroid dienone is 2. The van der Waals surface area contributed by atoms with Crippen molar-refractivity contribution in [2.45, 2.75) is 47.9 Å². The average Bonchev–Trinajstić information content (AvgIpc) is 2.58. The van der Waals surface area contributed by atoms with Crippen LogP contribution < -0.4 is 0 Å². The summed E-state index contributed by atoms with van der Waals surface area (Å²) < 4.78 is 281. The van der Waals surface area contributed by atoms with E-state index < -0.39 is 71.6 Å². The first-order valence-corrected chi connectivity index (χ1v) is 7.07. The number of hydrogen-bond acceptors (Lipinski definition) is 1. The van der Waals surface area contributed by atoms with Crippen LogP contribution in [0.5, 0.6) is 0 Å². The average molecular weight is 578 g/mol. The van der Waals surface area contributed by atoms with Crippen molar-refractivity contribution >= 4 is 0 Å². The highest BCUT2D eigenvalue weighted by Gasteiger charge is 2.86. The van der Waals surface area contributed by atoms with Gasteiger partial charge in [-0.1, -0.05) is 0 Å². The van der Waals surface area contributed by atoms with Crippen LogP contribution in [0, 0.1) is 0 Å². The number of halogens is 22. The summed E-state index contributed by atoms with van der Waals surface area (Å²) in [7, 11) is 0. The van der Waals surface area contributed by atoms with Gasteiger partial charge in [-0.3, -0.25) is 0 Å². The van der Waals surface area contributed by atoms with Crippen LogP contribution in [0.4, 0.5) is 96.6 Å². The second kappa shape index (κ2) is 8.69. The van der Waals surface area contributed by atoms with Crippen LogP contribution in [0.25, 0.3) is 0 Å². The highest BCUT2D eigenvalue weighted by Crippen LogP contribution is 2.59. The fourth-order valence-electron chi connectivity index (χ4n) is 1.58. The molecular weight excluding hydrogens is 578 g/mol. The lowest BCUT2D eigenvalue weighted by Gasteiger charge is -2.36. The first-order valence-electron chi connectivity index (χ1n) is 7.07. The molecule has 208 valence electrons. The van der Waals surface area contributed by atoms with E-state index in [1.54, 1.807) is 0 Å². The van der Waals surface area contributed by atoms with Crippen molar-refractivity contribution in [1.29, 1.82) is 0 Å². The molecule has 0 aliphatic carbocycles. The third-order valence-corrected chi connectivity index (χ3v) is 3.41. The Morgan fingerprint density at radius 3 is 0.686 bits per heavy atom. The molecule has 0 radical (unpaired) electrons. The first-order chi connectivity index (χ1) is 14.9. The zero-order valence-electron chi connectivity index (χ0n) is 14.7. The molecular formula is C12F22O. The van der Waals surface area contributed by atoms with E-state index in [2.05, 4.69) is 0 Å². The van der Waals surface area contributed by atoms with E-state index in [0.717, 1.165) is 0 Å². The van der Waals surface area contributed by atoms with Crippen LogP contribution in [0.3, 0.4) is 0 Å². The lowest BCUT2D eigenvalue weighted by Crippen LogP contribution is -2.63. The third kappa shape index (κ3) is 4.89. The summed E-state index contributed by atoms with van der Waals surface area (Å²) in [4.78, 5) is 0. The van der Waals surface area contributed by atoms with E-state index >= 15 is 0 Å². The summed E-state index contributed by atoms with van der Waals surface area (Å²) in [6, 6.07) is 0. The van der Waals surface area contributed by atoms with Gasteiger partial charge in [0.15, 0.2) is 0 Å². The number of hydrogen-bond donors (Lipinski definition) is 0. The van der Waals surface area contributed by atoms with Gasteiger partial charge in [-0.25, -0.2) is 0 Å². The van der Waals surface area contributed by atoms with Crippen molar-refractivity contribution in [2.75, 3.05) is 0 Å². The molecule has 0 aromatic heterocycles. The van der Waals surface area contributed by atoms with E-state index in [1.165, 1.54) is 0 Å². The van der Waals surface area contributed by atoms with Gasteiger partial charge in [0.25, 0.3) is 0 Å². The summed E-state index contributed by atoms with van der Waals surface area (Å²) in [5.41, 5.74) is 0. The molecule has 0 saturated carbocycles. The lowest BCUT2D eigenvalue weighted by molar-refractivity contribution is -0.398. The topological polar surface area (TPSA) is 9.23 Å². The summed E-state index contributed by atoms with van der Waals surface area (Å²) in [5.74, 6) is -59.2. The first kappa shape index (κ1) is 32.7. The monoisotopic (exact) mass is 578 g/mol. The maximum Gasteiger partial charge on any atom is 0.460 e. The van der Waals surface area contributed by atoms with E-state index in [9.17, 15) is 96.6 Å². The van der Waals surface area contributed by atoms with Gasteiger partial charge < -0.3 is 4.74 Å². The largest absolute Gasteiger partial charge is 0.460 e. The molecule has 35 heavy (non-hydrogen) atoms. The summed E-state index contributed by atoms with van der Waals surface area (Å²) in [6.07, 6.45) is -25.6. The maximum atomic E-state index is 13.5. The molecule has 0 aliphatic rings. The molecule has 0 N–H and O–H groups in total.